The van der Waals surface area contributed by atoms with Gasteiger partial charge in [0.15, 0.2) is 0 Å². The van der Waals surface area contributed by atoms with Gasteiger partial charge in [0, 0.05) is 11.9 Å². The lowest BCUT2D eigenvalue weighted by Crippen LogP contribution is -1.95. The van der Waals surface area contributed by atoms with Gasteiger partial charge in [-0.15, -0.1) is 0 Å². The van der Waals surface area contributed by atoms with Crippen molar-refractivity contribution in [3.05, 3.63) is 78.5 Å². The van der Waals surface area contributed by atoms with E-state index < -0.39 is 0 Å². The van der Waals surface area contributed by atoms with Crippen molar-refractivity contribution in [2.75, 3.05) is 5.32 Å². The van der Waals surface area contributed by atoms with E-state index in [0.717, 1.165) is 17.9 Å². The number of nitrogens with one attached hydrogen (secondary N) is 1. The zero-order chi connectivity index (χ0) is 17.1. The van der Waals surface area contributed by atoms with Crippen LogP contribution in [0.25, 0.3) is 21.5 Å². The van der Waals surface area contributed by atoms with Gasteiger partial charge in [0.25, 0.3) is 0 Å². The summed E-state index contributed by atoms with van der Waals surface area (Å²) in [5, 5.41) is 8.50. The highest BCUT2D eigenvalue weighted by Crippen LogP contribution is 2.26. The minimum atomic E-state index is 0.911. The molecule has 0 spiro atoms. The number of hydrogen-bond acceptors (Lipinski definition) is 2. The molecule has 0 aliphatic carbocycles. The van der Waals surface area contributed by atoms with Crippen molar-refractivity contribution in [1.82, 2.24) is 4.98 Å². The smallest absolute Gasteiger partial charge is 0.130 e. The third-order valence-corrected chi connectivity index (χ3v) is 4.62. The van der Waals surface area contributed by atoms with Crippen molar-refractivity contribution in [2.24, 2.45) is 0 Å². The minimum absolute atomic E-state index is 0.911. The molecule has 0 radical (unpaired) electrons. The van der Waals surface area contributed by atoms with Gasteiger partial charge < -0.3 is 5.32 Å². The van der Waals surface area contributed by atoms with Crippen LogP contribution in [0.1, 0.15) is 25.3 Å². The molecule has 2 heteroatoms. The lowest BCUT2D eigenvalue weighted by molar-refractivity contribution is 0.794. The summed E-state index contributed by atoms with van der Waals surface area (Å²) >= 11 is 0. The molecule has 1 heterocycles. The van der Waals surface area contributed by atoms with Crippen LogP contribution in [0.2, 0.25) is 0 Å². The molecule has 124 valence electrons. The van der Waals surface area contributed by atoms with Crippen LogP contribution < -0.4 is 5.32 Å². The van der Waals surface area contributed by atoms with Crippen LogP contribution in [0, 0.1) is 0 Å². The molecule has 0 aliphatic rings. The van der Waals surface area contributed by atoms with Crippen molar-refractivity contribution in [3.63, 3.8) is 0 Å². The Bertz CT molecular complexity index is 1020. The van der Waals surface area contributed by atoms with E-state index in [-0.39, 0.29) is 0 Å². The molecular weight excluding hydrogens is 304 g/mol. The van der Waals surface area contributed by atoms with E-state index in [0.29, 0.717) is 0 Å². The SMILES string of the molecule is CCCCc1ccnc(Nc2ccc3cc4ccccc4cc3c2)c1. The van der Waals surface area contributed by atoms with Gasteiger partial charge in [0.1, 0.15) is 5.82 Å². The highest BCUT2D eigenvalue weighted by molar-refractivity contribution is 5.99. The molecule has 0 atom stereocenters. The Morgan fingerprint density at radius 2 is 1.56 bits per heavy atom. The average molecular weight is 326 g/mol. The second-order valence-electron chi connectivity index (χ2n) is 6.54. The van der Waals surface area contributed by atoms with Gasteiger partial charge in [0.05, 0.1) is 0 Å². The number of aromatic nitrogens is 1. The number of fused-ring (bicyclic) bond motifs is 2. The summed E-state index contributed by atoms with van der Waals surface area (Å²) in [5.41, 5.74) is 2.41. The Hall–Kier alpha value is -2.87. The van der Waals surface area contributed by atoms with Crippen LogP contribution in [0.5, 0.6) is 0 Å². The van der Waals surface area contributed by atoms with E-state index in [4.69, 9.17) is 0 Å². The van der Waals surface area contributed by atoms with E-state index in [1.54, 1.807) is 0 Å². The zero-order valence-electron chi connectivity index (χ0n) is 14.5. The third kappa shape index (κ3) is 3.48. The van der Waals surface area contributed by atoms with E-state index in [2.05, 4.69) is 84.0 Å². The van der Waals surface area contributed by atoms with Crippen LogP contribution in [-0.4, -0.2) is 4.98 Å². The Labute approximate surface area is 148 Å². The van der Waals surface area contributed by atoms with E-state index in [1.807, 2.05) is 6.20 Å². The molecule has 4 rings (SSSR count). The number of benzene rings is 3. The van der Waals surface area contributed by atoms with Gasteiger partial charge in [0.2, 0.25) is 0 Å². The first kappa shape index (κ1) is 15.6. The third-order valence-electron chi connectivity index (χ3n) is 4.62. The van der Waals surface area contributed by atoms with E-state index >= 15 is 0 Å². The molecule has 0 bridgehead atoms. The molecule has 4 aromatic rings. The average Bonchev–Trinajstić information content (AvgIpc) is 2.65. The van der Waals surface area contributed by atoms with Crippen molar-refractivity contribution >= 4 is 33.1 Å². The molecule has 0 amide bonds. The largest absolute Gasteiger partial charge is 0.340 e. The Kier molecular flexibility index (Phi) is 4.34. The number of rotatable bonds is 5. The topological polar surface area (TPSA) is 24.9 Å². The molecule has 2 nitrogen and oxygen atoms in total. The molecule has 0 saturated heterocycles. The molecule has 0 unspecified atom stereocenters. The number of pyridine rings is 1. The van der Waals surface area contributed by atoms with Gasteiger partial charge in [-0.2, -0.15) is 0 Å². The molecular formula is C23H22N2. The number of unbranched alkanes of at least 4 members (excludes halogenated alkanes) is 1. The van der Waals surface area contributed by atoms with E-state index in [9.17, 15) is 0 Å². The van der Waals surface area contributed by atoms with Crippen LogP contribution in [-0.2, 0) is 6.42 Å². The van der Waals surface area contributed by atoms with Crippen molar-refractivity contribution in [3.8, 4) is 0 Å². The van der Waals surface area contributed by atoms with Crippen LogP contribution in [0.4, 0.5) is 11.5 Å². The Morgan fingerprint density at radius 3 is 2.36 bits per heavy atom. The predicted molar refractivity (Wildman–Crippen MR) is 108 cm³/mol. The van der Waals surface area contributed by atoms with Gasteiger partial charge in [-0.25, -0.2) is 4.98 Å². The first-order chi connectivity index (χ1) is 12.3. The first-order valence-electron chi connectivity index (χ1n) is 8.96. The summed E-state index contributed by atoms with van der Waals surface area (Å²) in [7, 11) is 0. The van der Waals surface area contributed by atoms with Crippen molar-refractivity contribution < 1.29 is 0 Å². The fourth-order valence-electron chi connectivity index (χ4n) is 3.24. The quantitative estimate of drug-likeness (QED) is 0.425. The van der Waals surface area contributed by atoms with Crippen LogP contribution in [0.15, 0.2) is 72.9 Å². The van der Waals surface area contributed by atoms with Gasteiger partial charge in [-0.1, -0.05) is 43.7 Å². The van der Waals surface area contributed by atoms with Crippen molar-refractivity contribution in [2.45, 2.75) is 26.2 Å². The van der Waals surface area contributed by atoms with Crippen LogP contribution >= 0.6 is 0 Å². The molecule has 25 heavy (non-hydrogen) atoms. The standard InChI is InChI=1S/C23H22N2/c1-2-3-6-17-11-12-24-23(13-17)25-22-10-9-20-14-18-7-4-5-8-19(18)15-21(20)16-22/h4-5,7-16H,2-3,6H2,1H3,(H,24,25). The van der Waals surface area contributed by atoms with Crippen molar-refractivity contribution in [1.29, 1.82) is 0 Å². The Morgan fingerprint density at radius 1 is 0.800 bits per heavy atom. The second kappa shape index (κ2) is 6.94. The summed E-state index contributed by atoms with van der Waals surface area (Å²) in [6.07, 6.45) is 5.43. The second-order valence-corrected chi connectivity index (χ2v) is 6.54. The predicted octanol–water partition coefficient (Wildman–Crippen LogP) is 6.47. The highest BCUT2D eigenvalue weighted by Gasteiger charge is 2.02. The number of nitrogens with zero attached hydrogens (tertiary/aromatic N) is 1. The maximum absolute atomic E-state index is 4.46. The number of anilines is 2. The fraction of sp³-hybridized carbons (Fsp3) is 0.174. The Balaban J connectivity index is 1.64. The minimum Gasteiger partial charge on any atom is -0.340 e. The highest BCUT2D eigenvalue weighted by atomic mass is 15.0. The molecule has 0 aliphatic heterocycles. The number of aryl methyl sites for hydroxylation is 1. The zero-order valence-corrected chi connectivity index (χ0v) is 14.5. The number of hydrogen-bond donors (Lipinski definition) is 1. The maximum Gasteiger partial charge on any atom is 0.130 e. The van der Waals surface area contributed by atoms with E-state index in [1.165, 1.54) is 39.9 Å². The normalized spacial score (nSPS) is 11.1. The molecule has 1 N–H and O–H groups in total. The van der Waals surface area contributed by atoms with Gasteiger partial charge >= 0.3 is 0 Å². The molecule has 0 saturated carbocycles. The van der Waals surface area contributed by atoms with Gasteiger partial charge in [-0.3, -0.25) is 0 Å². The molecule has 0 fully saturated rings. The summed E-state index contributed by atoms with van der Waals surface area (Å²) in [6.45, 7) is 2.22. The summed E-state index contributed by atoms with van der Waals surface area (Å²) in [5.74, 6) is 0.911. The maximum atomic E-state index is 4.46. The monoisotopic (exact) mass is 326 g/mol. The van der Waals surface area contributed by atoms with Gasteiger partial charge in [-0.05, 0) is 76.3 Å². The summed E-state index contributed by atoms with van der Waals surface area (Å²) in [6, 6.07) is 23.7. The first-order valence-corrected chi connectivity index (χ1v) is 8.96. The molecule has 3 aromatic carbocycles. The summed E-state index contributed by atoms with van der Waals surface area (Å²) < 4.78 is 0. The van der Waals surface area contributed by atoms with Crippen LogP contribution in [0.3, 0.4) is 0 Å². The fourth-order valence-corrected chi connectivity index (χ4v) is 3.24. The lowest BCUT2D eigenvalue weighted by Gasteiger charge is -2.09. The lowest BCUT2D eigenvalue weighted by atomic mass is 10.0. The summed E-state index contributed by atoms with van der Waals surface area (Å²) in [4.78, 5) is 4.46. The molecule has 1 aromatic heterocycles.